The Kier molecular flexibility index (Phi) is 9.45. The first-order chi connectivity index (χ1) is 16.8. The van der Waals surface area contributed by atoms with Gasteiger partial charge in [-0.3, -0.25) is 0 Å². The molecule has 187 valence electrons. The van der Waals surface area contributed by atoms with Crippen molar-refractivity contribution >= 4 is 11.3 Å². The first-order valence-electron chi connectivity index (χ1n) is 11.5. The smallest absolute Gasteiger partial charge is 0.232 e. The largest absolute Gasteiger partial charge is 0.697 e. The maximum absolute atomic E-state index is 12.9. The second kappa shape index (κ2) is 12.1. The standard InChI is InChI=1S/C15H13N2O2.C11H15FN3O.Y/c1-10(8-14-11(2)18-6-7-19-14)13-5-3-4-12(9-16)15(13)17;1-11(2-4-13-5-3-11)10-14-9(16-15-10)7-6-8(7)12;/h3-5,8,17H,1-2,6-7H2;7-8H,2-6H2,1H3;/q2*-1;/b14-8+;;. The van der Waals surface area contributed by atoms with Crippen molar-refractivity contribution in [3.63, 3.8) is 0 Å². The molecule has 10 heteroatoms. The SMILES string of the molecule is C=C1OCCO/C1=C/C(=C)c1cccc(C#N)c1[NH-].CC1(c2noc(C3CC3F)n2)CC[N-]CC1.[Y]. The van der Waals surface area contributed by atoms with Crippen molar-refractivity contribution in [3.05, 3.63) is 82.8 Å². The third kappa shape index (κ3) is 6.42. The van der Waals surface area contributed by atoms with Gasteiger partial charge >= 0.3 is 0 Å². The summed E-state index contributed by atoms with van der Waals surface area (Å²) in [6.45, 7) is 12.4. The van der Waals surface area contributed by atoms with Crippen molar-refractivity contribution in [2.45, 2.75) is 43.7 Å². The van der Waals surface area contributed by atoms with E-state index in [1.807, 2.05) is 6.07 Å². The number of nitriles is 1. The van der Waals surface area contributed by atoms with E-state index in [0.717, 1.165) is 31.8 Å². The van der Waals surface area contributed by atoms with Crippen LogP contribution in [0.4, 0.5) is 10.1 Å². The Morgan fingerprint density at radius 1 is 1.31 bits per heavy atom. The zero-order valence-electron chi connectivity index (χ0n) is 20.3. The summed E-state index contributed by atoms with van der Waals surface area (Å²) >= 11 is 0. The van der Waals surface area contributed by atoms with Crippen LogP contribution in [0.2, 0.25) is 0 Å². The first-order valence-corrected chi connectivity index (χ1v) is 11.5. The van der Waals surface area contributed by atoms with E-state index in [4.69, 9.17) is 25.0 Å². The van der Waals surface area contributed by atoms with Gasteiger partial charge in [-0.05, 0) is 29.7 Å². The van der Waals surface area contributed by atoms with E-state index in [2.05, 4.69) is 35.5 Å². The van der Waals surface area contributed by atoms with Crippen LogP contribution in [0.15, 0.2) is 53.5 Å². The normalized spacial score (nSPS) is 23.1. The number of nitrogens with zero attached hydrogens (tertiary/aromatic N) is 4. The topological polar surface area (TPSA) is 119 Å². The zero-order chi connectivity index (χ0) is 25.0. The molecule has 1 saturated carbocycles. The fraction of sp³-hybridized carbons (Fsp3) is 0.423. The molecule has 2 aromatic rings. The minimum atomic E-state index is -0.775. The van der Waals surface area contributed by atoms with E-state index in [9.17, 15) is 4.39 Å². The summed E-state index contributed by atoms with van der Waals surface area (Å²) in [4.78, 5) is 4.36. The quantitative estimate of drug-likeness (QED) is 0.447. The van der Waals surface area contributed by atoms with Crippen LogP contribution in [0.5, 0.6) is 0 Å². The number of hydrogen-bond donors (Lipinski definition) is 0. The molecule has 2 unspecified atom stereocenters. The molecule has 0 spiro atoms. The molecule has 1 aromatic carbocycles. The minimum absolute atomic E-state index is 0. The van der Waals surface area contributed by atoms with Gasteiger partial charge < -0.3 is 25.0 Å². The Balaban J connectivity index is 0.000000197. The van der Waals surface area contributed by atoms with Crippen LogP contribution in [0.25, 0.3) is 16.6 Å². The Morgan fingerprint density at radius 3 is 2.64 bits per heavy atom. The maximum Gasteiger partial charge on any atom is 0.232 e. The number of piperidine rings is 1. The average Bonchev–Trinajstić information content (AvgIpc) is 3.37. The van der Waals surface area contributed by atoms with Crippen molar-refractivity contribution in [2.24, 2.45) is 0 Å². The molecule has 1 radical (unpaired) electrons. The molecular formula is C26H28FN5O3Y-2. The van der Waals surface area contributed by atoms with Gasteiger partial charge in [0.15, 0.2) is 17.3 Å². The summed E-state index contributed by atoms with van der Waals surface area (Å²) in [5, 5.41) is 17.2. The molecule has 8 nitrogen and oxygen atoms in total. The van der Waals surface area contributed by atoms with Gasteiger partial charge in [0.1, 0.15) is 19.4 Å². The Labute approximate surface area is 235 Å². The molecule has 5 rings (SSSR count). The molecular weight excluding hydrogens is 538 g/mol. The van der Waals surface area contributed by atoms with E-state index in [-0.39, 0.29) is 49.7 Å². The second-order valence-corrected chi connectivity index (χ2v) is 9.04. The van der Waals surface area contributed by atoms with Gasteiger partial charge in [-0.2, -0.15) is 10.2 Å². The summed E-state index contributed by atoms with van der Waals surface area (Å²) in [7, 11) is 0. The van der Waals surface area contributed by atoms with Crippen LogP contribution in [0.1, 0.15) is 54.9 Å². The molecule has 2 atom stereocenters. The molecule has 3 aliphatic rings. The molecule has 2 saturated heterocycles. The van der Waals surface area contributed by atoms with Crippen molar-refractivity contribution < 1.29 is 51.1 Å². The molecule has 1 aliphatic carbocycles. The molecule has 3 fully saturated rings. The summed E-state index contributed by atoms with van der Waals surface area (Å²) < 4.78 is 28.7. The Morgan fingerprint density at radius 2 is 2.00 bits per heavy atom. The minimum Gasteiger partial charge on any atom is -0.697 e. The zero-order valence-corrected chi connectivity index (χ0v) is 23.1. The van der Waals surface area contributed by atoms with Crippen molar-refractivity contribution in [1.82, 2.24) is 10.1 Å². The van der Waals surface area contributed by atoms with Crippen LogP contribution in [-0.4, -0.2) is 42.6 Å². The van der Waals surface area contributed by atoms with Gasteiger partial charge in [0.2, 0.25) is 5.89 Å². The van der Waals surface area contributed by atoms with Gasteiger partial charge in [0.05, 0.1) is 12.0 Å². The van der Waals surface area contributed by atoms with E-state index in [0.29, 0.717) is 53.7 Å². The molecule has 0 amide bonds. The predicted molar refractivity (Wildman–Crippen MR) is 130 cm³/mol. The number of hydrogen-bond acceptors (Lipinski definition) is 6. The Bertz CT molecular complexity index is 1180. The number of rotatable bonds is 4. The summed E-state index contributed by atoms with van der Waals surface area (Å²) in [5.74, 6) is 2.04. The molecule has 1 aromatic heterocycles. The van der Waals surface area contributed by atoms with Crippen molar-refractivity contribution in [2.75, 3.05) is 26.3 Å². The second-order valence-electron chi connectivity index (χ2n) is 9.04. The van der Waals surface area contributed by atoms with Crippen LogP contribution in [0.3, 0.4) is 0 Å². The monoisotopic (exact) mass is 566 g/mol. The average molecular weight is 566 g/mol. The number of allylic oxidation sites excluding steroid dienone is 2. The van der Waals surface area contributed by atoms with Crippen molar-refractivity contribution in [3.8, 4) is 6.07 Å². The third-order valence-corrected chi connectivity index (χ3v) is 6.38. The Hall–Kier alpha value is -2.54. The number of alkyl halides is 1. The first kappa shape index (κ1) is 28.0. The maximum atomic E-state index is 12.9. The number of nitrogens with one attached hydrogen (secondary N) is 1. The molecule has 36 heavy (non-hydrogen) atoms. The van der Waals surface area contributed by atoms with E-state index < -0.39 is 6.17 Å². The molecule has 3 heterocycles. The number of ether oxygens (including phenoxy) is 2. The predicted octanol–water partition coefficient (Wildman–Crippen LogP) is 6.02. The van der Waals surface area contributed by atoms with Gasteiger partial charge in [-0.1, -0.05) is 50.2 Å². The molecule has 2 aliphatic heterocycles. The van der Waals surface area contributed by atoms with Gasteiger partial charge in [0.25, 0.3) is 0 Å². The third-order valence-electron chi connectivity index (χ3n) is 6.38. The molecule has 1 N–H and O–H groups in total. The van der Waals surface area contributed by atoms with E-state index in [1.54, 1.807) is 24.3 Å². The number of benzene rings is 1. The number of aromatic nitrogens is 2. The summed E-state index contributed by atoms with van der Waals surface area (Å²) in [6, 6.07) is 7.05. The van der Waals surface area contributed by atoms with Gasteiger partial charge in [-0.15, -0.1) is 18.8 Å². The van der Waals surface area contributed by atoms with Crippen molar-refractivity contribution in [1.29, 1.82) is 5.26 Å². The van der Waals surface area contributed by atoms with Crippen LogP contribution >= 0.6 is 0 Å². The van der Waals surface area contributed by atoms with Crippen LogP contribution < -0.4 is 0 Å². The van der Waals surface area contributed by atoms with E-state index >= 15 is 0 Å². The summed E-state index contributed by atoms with van der Waals surface area (Å²) in [5.41, 5.74) is 9.56. The van der Waals surface area contributed by atoms with Crippen LogP contribution in [0, 0.1) is 11.3 Å². The fourth-order valence-corrected chi connectivity index (χ4v) is 3.90. The molecule has 0 bridgehead atoms. The fourth-order valence-electron chi connectivity index (χ4n) is 3.90. The van der Waals surface area contributed by atoms with Crippen LogP contribution in [-0.2, 0) is 47.6 Å². The summed E-state index contributed by atoms with van der Waals surface area (Å²) in [6.07, 6.45) is 3.34. The van der Waals surface area contributed by atoms with Gasteiger partial charge in [-0.25, -0.2) is 4.39 Å². The van der Waals surface area contributed by atoms with E-state index in [1.165, 1.54) is 0 Å². The number of halogens is 1. The van der Waals surface area contributed by atoms with Gasteiger partial charge in [0, 0.05) is 43.7 Å².